The number of phenolic OH excluding ortho intramolecular Hbond substituents is 1. The van der Waals surface area contributed by atoms with Crippen molar-refractivity contribution in [3.63, 3.8) is 0 Å². The van der Waals surface area contributed by atoms with E-state index >= 15 is 0 Å². The number of aryl methyl sites for hydroxylation is 1. The summed E-state index contributed by atoms with van der Waals surface area (Å²) in [5.74, 6) is -0.735. The minimum Gasteiger partial charge on any atom is -0.508 e. The maximum atomic E-state index is 14.1. The van der Waals surface area contributed by atoms with Crippen LogP contribution in [0, 0.1) is 0 Å². The number of aromatic hydroxyl groups is 1. The zero-order valence-electron chi connectivity index (χ0n) is 25.3. The number of nitrogens with one attached hydrogen (secondary N) is 1. The highest BCUT2D eigenvalue weighted by molar-refractivity contribution is 5.95. The maximum absolute atomic E-state index is 14.1. The lowest BCUT2D eigenvalue weighted by molar-refractivity contribution is -0.141. The number of hydrogen-bond donors (Lipinski definition) is 2. The minimum absolute atomic E-state index is 0.0243. The summed E-state index contributed by atoms with van der Waals surface area (Å²) in [6.07, 6.45) is 3.98. The summed E-state index contributed by atoms with van der Waals surface area (Å²) in [5.41, 5.74) is 2.26. The molecule has 3 amide bonds. The van der Waals surface area contributed by atoms with Crippen LogP contribution < -0.4 is 5.32 Å². The molecule has 42 heavy (non-hydrogen) atoms. The van der Waals surface area contributed by atoms with Gasteiger partial charge < -0.3 is 20.1 Å². The molecule has 1 fully saturated rings. The predicted molar refractivity (Wildman–Crippen MR) is 159 cm³/mol. The molecule has 0 saturated carbocycles. The molecule has 1 aliphatic carbocycles. The van der Waals surface area contributed by atoms with Gasteiger partial charge in [0.2, 0.25) is 11.8 Å². The third-order valence-corrected chi connectivity index (χ3v) is 8.25. The lowest BCUT2D eigenvalue weighted by Crippen LogP contribution is -2.52. The zero-order valence-corrected chi connectivity index (χ0v) is 25.3. The van der Waals surface area contributed by atoms with Crippen LogP contribution in [0.3, 0.4) is 0 Å². The summed E-state index contributed by atoms with van der Waals surface area (Å²) in [7, 11) is 1.47. The number of ketones is 1. The lowest BCUT2D eigenvalue weighted by Gasteiger charge is -2.32. The number of rotatable bonds is 8. The Morgan fingerprint density at radius 3 is 2.43 bits per heavy atom. The Balaban J connectivity index is 1.52. The molecule has 226 valence electrons. The van der Waals surface area contributed by atoms with Gasteiger partial charge in [-0.15, -0.1) is 0 Å². The van der Waals surface area contributed by atoms with E-state index in [1.165, 1.54) is 35.2 Å². The second-order valence-corrected chi connectivity index (χ2v) is 12.4. The van der Waals surface area contributed by atoms with E-state index in [9.17, 15) is 24.3 Å². The second-order valence-electron chi connectivity index (χ2n) is 12.4. The van der Waals surface area contributed by atoms with E-state index in [-0.39, 0.29) is 23.4 Å². The highest BCUT2D eigenvalue weighted by Crippen LogP contribution is 2.36. The van der Waals surface area contributed by atoms with E-state index in [0.717, 1.165) is 19.3 Å². The predicted octanol–water partition coefficient (Wildman–Crippen LogP) is 4.88. The average Bonchev–Trinajstić information content (AvgIpc) is 3.45. The Kier molecular flexibility index (Phi) is 9.59. The molecular formula is C33H43N3O6. The smallest absolute Gasteiger partial charge is 0.410 e. The molecule has 2 aromatic carbocycles. The molecule has 2 aromatic rings. The number of nitrogens with zero attached hydrogens (tertiary/aromatic N) is 2. The first-order chi connectivity index (χ1) is 19.9. The van der Waals surface area contributed by atoms with Crippen LogP contribution in [0.25, 0.3) is 0 Å². The summed E-state index contributed by atoms with van der Waals surface area (Å²) in [6, 6.07) is 11.7. The SMILES string of the molecule is C[C@@H](C(=O)N[C@H](C(=O)N1CCC[C@H]1C(=O)C[C@@H]1CCCc2ccccc21)c1ccc(O)cc1)N(C)C(=O)OC(C)(C)C. The van der Waals surface area contributed by atoms with Gasteiger partial charge in [-0.25, -0.2) is 4.79 Å². The van der Waals surface area contributed by atoms with Gasteiger partial charge in [0.05, 0.1) is 6.04 Å². The second kappa shape index (κ2) is 13.0. The fourth-order valence-corrected chi connectivity index (χ4v) is 5.86. The Morgan fingerprint density at radius 1 is 1.05 bits per heavy atom. The molecule has 0 aromatic heterocycles. The number of likely N-dealkylation sites (tertiary alicyclic amines) is 1. The number of ether oxygens (including phenoxy) is 1. The topological polar surface area (TPSA) is 116 Å². The molecule has 4 rings (SSSR count). The summed E-state index contributed by atoms with van der Waals surface area (Å²) < 4.78 is 5.39. The molecule has 1 saturated heterocycles. The van der Waals surface area contributed by atoms with Crippen LogP contribution in [0.5, 0.6) is 5.75 Å². The summed E-state index contributed by atoms with van der Waals surface area (Å²) in [5, 5.41) is 12.6. The number of likely N-dealkylation sites (N-methyl/N-ethyl adjacent to an activating group) is 1. The molecule has 1 aliphatic heterocycles. The maximum Gasteiger partial charge on any atom is 0.410 e. The molecule has 0 spiro atoms. The minimum atomic E-state index is -1.10. The molecule has 9 heteroatoms. The van der Waals surface area contributed by atoms with E-state index in [1.807, 2.05) is 12.1 Å². The van der Waals surface area contributed by atoms with Gasteiger partial charge in [-0.1, -0.05) is 36.4 Å². The zero-order chi connectivity index (χ0) is 30.6. The molecule has 2 N–H and O–H groups in total. The summed E-state index contributed by atoms with van der Waals surface area (Å²) in [4.78, 5) is 56.5. The molecule has 0 bridgehead atoms. The van der Waals surface area contributed by atoms with Gasteiger partial charge in [0.1, 0.15) is 23.4 Å². The van der Waals surface area contributed by atoms with E-state index in [4.69, 9.17) is 4.74 Å². The summed E-state index contributed by atoms with van der Waals surface area (Å²) >= 11 is 0. The standard InChI is InChI=1S/C33H43N3O6/c1-21(35(5)32(41)42-33(2,3)4)30(39)34-29(23-15-17-25(37)18-16-23)31(40)36-19-9-14-27(36)28(38)20-24-12-8-11-22-10-6-7-13-26(22)24/h6-7,10,13,15-18,21,24,27,29,37H,8-9,11-12,14,19-20H2,1-5H3,(H,34,39)/t21-,24-,27-,29-/m0/s1. The first kappa shape index (κ1) is 31.1. The normalized spacial score (nSPS) is 19.8. The van der Waals surface area contributed by atoms with E-state index in [1.54, 1.807) is 44.7 Å². The van der Waals surface area contributed by atoms with Crippen molar-refractivity contribution in [2.75, 3.05) is 13.6 Å². The van der Waals surface area contributed by atoms with Crippen LogP contribution in [-0.4, -0.2) is 69.9 Å². The average molecular weight is 578 g/mol. The van der Waals surface area contributed by atoms with E-state index in [0.29, 0.717) is 31.4 Å². The monoisotopic (exact) mass is 577 g/mol. The van der Waals surface area contributed by atoms with Gasteiger partial charge >= 0.3 is 6.09 Å². The lowest BCUT2D eigenvalue weighted by atomic mass is 9.79. The van der Waals surface area contributed by atoms with Gasteiger partial charge in [0.25, 0.3) is 0 Å². The first-order valence-electron chi connectivity index (χ1n) is 14.8. The quantitative estimate of drug-likeness (QED) is 0.462. The fraction of sp³-hybridized carbons (Fsp3) is 0.515. The number of benzene rings is 2. The van der Waals surface area contributed by atoms with Crippen LogP contribution in [0.4, 0.5) is 4.79 Å². The Morgan fingerprint density at radius 2 is 1.74 bits per heavy atom. The van der Waals surface area contributed by atoms with Crippen LogP contribution in [-0.2, 0) is 25.5 Å². The van der Waals surface area contributed by atoms with Crippen LogP contribution in [0.2, 0.25) is 0 Å². The Labute approximate surface area is 248 Å². The molecule has 9 nitrogen and oxygen atoms in total. The number of carbonyl (C=O) groups is 4. The van der Waals surface area contributed by atoms with Gasteiger partial charge in [0, 0.05) is 20.0 Å². The van der Waals surface area contributed by atoms with Gasteiger partial charge in [0.15, 0.2) is 5.78 Å². The first-order valence-corrected chi connectivity index (χ1v) is 14.8. The van der Waals surface area contributed by atoms with Gasteiger partial charge in [-0.05, 0) is 94.5 Å². The van der Waals surface area contributed by atoms with Crippen molar-refractivity contribution in [1.29, 1.82) is 0 Å². The van der Waals surface area contributed by atoms with Crippen molar-refractivity contribution < 1.29 is 29.0 Å². The van der Waals surface area contributed by atoms with E-state index < -0.39 is 35.7 Å². The Hall–Kier alpha value is -3.88. The number of fused-ring (bicyclic) bond motifs is 1. The number of carbonyl (C=O) groups excluding carboxylic acids is 4. The van der Waals surface area contributed by atoms with Crippen LogP contribution in [0.1, 0.15) is 88.4 Å². The summed E-state index contributed by atoms with van der Waals surface area (Å²) in [6.45, 7) is 7.19. The third-order valence-electron chi connectivity index (χ3n) is 8.25. The van der Waals surface area contributed by atoms with Gasteiger partial charge in [-0.2, -0.15) is 0 Å². The van der Waals surface area contributed by atoms with Gasteiger partial charge in [-0.3, -0.25) is 19.3 Å². The molecule has 0 unspecified atom stereocenters. The molecule has 4 atom stereocenters. The number of hydrogen-bond acceptors (Lipinski definition) is 6. The highest BCUT2D eigenvalue weighted by atomic mass is 16.6. The Bertz CT molecular complexity index is 1300. The van der Waals surface area contributed by atoms with Crippen molar-refractivity contribution in [3.8, 4) is 5.75 Å². The van der Waals surface area contributed by atoms with Crippen molar-refractivity contribution in [2.45, 2.75) is 95.9 Å². The molecule has 2 aliphatic rings. The molecule has 1 heterocycles. The third kappa shape index (κ3) is 7.30. The van der Waals surface area contributed by atoms with Crippen LogP contribution >= 0.6 is 0 Å². The van der Waals surface area contributed by atoms with Crippen molar-refractivity contribution in [2.24, 2.45) is 0 Å². The number of amides is 3. The largest absolute Gasteiger partial charge is 0.508 e. The van der Waals surface area contributed by atoms with Crippen molar-refractivity contribution in [3.05, 3.63) is 65.2 Å². The van der Waals surface area contributed by atoms with Crippen molar-refractivity contribution >= 4 is 23.7 Å². The van der Waals surface area contributed by atoms with Crippen molar-refractivity contribution in [1.82, 2.24) is 15.1 Å². The molecular weight excluding hydrogens is 534 g/mol. The number of Topliss-reactive ketones (excluding diaryl/α,β-unsaturated/α-hetero) is 1. The highest BCUT2D eigenvalue weighted by Gasteiger charge is 2.40. The van der Waals surface area contributed by atoms with E-state index in [2.05, 4.69) is 17.4 Å². The van der Waals surface area contributed by atoms with Crippen LogP contribution in [0.15, 0.2) is 48.5 Å². The fourth-order valence-electron chi connectivity index (χ4n) is 5.86. The molecule has 0 radical (unpaired) electrons. The number of phenols is 1.